The Morgan fingerprint density at radius 1 is 1.32 bits per heavy atom. The Hall–Kier alpha value is -1.65. The van der Waals surface area contributed by atoms with Gasteiger partial charge in [0.2, 0.25) is 0 Å². The normalized spacial score (nSPS) is 14.6. The summed E-state index contributed by atoms with van der Waals surface area (Å²) in [6.45, 7) is 2.56. The first-order valence-electron chi connectivity index (χ1n) is 6.31. The molecule has 102 valence electrons. The van der Waals surface area contributed by atoms with E-state index in [1.54, 1.807) is 24.7 Å². The largest absolute Gasteiger partial charge is 0.472 e. The third-order valence-corrected chi connectivity index (χ3v) is 3.21. The lowest BCUT2D eigenvalue weighted by Crippen LogP contribution is -2.37. The number of rotatable bonds is 5. The second kappa shape index (κ2) is 5.99. The van der Waals surface area contributed by atoms with Crippen LogP contribution in [0.5, 0.6) is 0 Å². The molecule has 0 aliphatic carbocycles. The molecule has 1 aromatic heterocycles. The lowest BCUT2D eigenvalue weighted by molar-refractivity contribution is 0.206. The van der Waals surface area contributed by atoms with Crippen LogP contribution in [-0.4, -0.2) is 18.0 Å². The maximum atomic E-state index is 13.9. The predicted molar refractivity (Wildman–Crippen MR) is 73.0 cm³/mol. The molecule has 1 heterocycles. The van der Waals surface area contributed by atoms with Crippen LogP contribution in [-0.2, 0) is 6.54 Å². The van der Waals surface area contributed by atoms with Crippen LogP contribution in [0.15, 0.2) is 47.3 Å². The van der Waals surface area contributed by atoms with E-state index in [2.05, 4.69) is 0 Å². The molecule has 0 amide bonds. The molecule has 0 aliphatic rings. The second-order valence-electron chi connectivity index (χ2n) is 4.87. The maximum Gasteiger partial charge on any atom is 0.128 e. The smallest absolute Gasteiger partial charge is 0.128 e. The zero-order chi connectivity index (χ0) is 13.8. The fourth-order valence-corrected chi connectivity index (χ4v) is 2.41. The van der Waals surface area contributed by atoms with Gasteiger partial charge in [-0.3, -0.25) is 4.90 Å². The molecule has 0 bridgehead atoms. The van der Waals surface area contributed by atoms with E-state index in [-0.39, 0.29) is 17.9 Å². The first kappa shape index (κ1) is 13.8. The van der Waals surface area contributed by atoms with Gasteiger partial charge in [-0.15, -0.1) is 0 Å². The van der Waals surface area contributed by atoms with E-state index in [0.717, 1.165) is 5.56 Å². The van der Waals surface area contributed by atoms with Crippen LogP contribution in [0.3, 0.4) is 0 Å². The van der Waals surface area contributed by atoms with Crippen molar-refractivity contribution in [3.05, 3.63) is 59.8 Å². The highest BCUT2D eigenvalue weighted by molar-refractivity contribution is 5.23. The fraction of sp³-hybridized carbons (Fsp3) is 0.333. The van der Waals surface area contributed by atoms with Crippen molar-refractivity contribution in [3.8, 4) is 0 Å². The number of benzene rings is 1. The average molecular weight is 262 g/mol. The number of nitrogens with zero attached hydrogens (tertiary/aromatic N) is 1. The summed E-state index contributed by atoms with van der Waals surface area (Å²) < 4.78 is 19.0. The lowest BCUT2D eigenvalue weighted by Gasteiger charge is -2.31. The van der Waals surface area contributed by atoms with Gasteiger partial charge in [-0.2, -0.15) is 0 Å². The van der Waals surface area contributed by atoms with Gasteiger partial charge >= 0.3 is 0 Å². The van der Waals surface area contributed by atoms with Crippen molar-refractivity contribution >= 4 is 0 Å². The van der Waals surface area contributed by atoms with Crippen molar-refractivity contribution in [3.63, 3.8) is 0 Å². The first-order chi connectivity index (χ1) is 9.09. The van der Waals surface area contributed by atoms with Gasteiger partial charge in [-0.05, 0) is 26.1 Å². The summed E-state index contributed by atoms with van der Waals surface area (Å²) in [5.74, 6) is -0.219. The summed E-state index contributed by atoms with van der Waals surface area (Å²) in [5, 5.41) is 0. The van der Waals surface area contributed by atoms with Crippen molar-refractivity contribution in [1.82, 2.24) is 4.90 Å². The van der Waals surface area contributed by atoms with Gasteiger partial charge in [0.15, 0.2) is 0 Å². The number of likely N-dealkylation sites (N-methyl/N-ethyl adjacent to an activating group) is 1. The molecular formula is C15H19FN2O. The predicted octanol–water partition coefficient (Wildman–Crippen LogP) is 2.94. The second-order valence-corrected chi connectivity index (χ2v) is 4.87. The average Bonchev–Trinajstić information content (AvgIpc) is 2.84. The molecule has 0 fully saturated rings. The van der Waals surface area contributed by atoms with E-state index >= 15 is 0 Å². The topological polar surface area (TPSA) is 42.4 Å². The highest BCUT2D eigenvalue weighted by atomic mass is 19.1. The first-order valence-corrected chi connectivity index (χ1v) is 6.31. The van der Waals surface area contributed by atoms with Crippen LogP contribution in [0.25, 0.3) is 0 Å². The Morgan fingerprint density at radius 3 is 2.63 bits per heavy atom. The van der Waals surface area contributed by atoms with Crippen LogP contribution < -0.4 is 5.73 Å². The van der Waals surface area contributed by atoms with Crippen LogP contribution in [0.1, 0.15) is 24.1 Å². The van der Waals surface area contributed by atoms with Crippen molar-refractivity contribution in [2.45, 2.75) is 25.6 Å². The molecule has 0 saturated heterocycles. The van der Waals surface area contributed by atoms with E-state index in [1.807, 2.05) is 31.0 Å². The minimum absolute atomic E-state index is 0.170. The molecule has 0 saturated carbocycles. The zero-order valence-corrected chi connectivity index (χ0v) is 11.2. The van der Waals surface area contributed by atoms with Crippen LogP contribution in [0.2, 0.25) is 0 Å². The Bertz CT molecular complexity index is 511. The van der Waals surface area contributed by atoms with E-state index in [4.69, 9.17) is 10.2 Å². The molecule has 2 atom stereocenters. The monoisotopic (exact) mass is 262 g/mol. The summed E-state index contributed by atoms with van der Waals surface area (Å²) in [5.41, 5.74) is 7.71. The quantitative estimate of drug-likeness (QED) is 0.900. The minimum Gasteiger partial charge on any atom is -0.472 e. The molecule has 0 aliphatic heterocycles. The van der Waals surface area contributed by atoms with Crippen molar-refractivity contribution in [2.75, 3.05) is 7.05 Å². The number of hydrogen-bond donors (Lipinski definition) is 1. The van der Waals surface area contributed by atoms with Gasteiger partial charge in [0.1, 0.15) is 5.82 Å². The van der Waals surface area contributed by atoms with E-state index in [9.17, 15) is 4.39 Å². The molecule has 2 unspecified atom stereocenters. The minimum atomic E-state index is -0.219. The number of halogens is 1. The van der Waals surface area contributed by atoms with Gasteiger partial charge in [0.25, 0.3) is 0 Å². The molecule has 4 heteroatoms. The van der Waals surface area contributed by atoms with Gasteiger partial charge < -0.3 is 10.2 Å². The van der Waals surface area contributed by atoms with Crippen LogP contribution in [0.4, 0.5) is 4.39 Å². The Balaban J connectivity index is 2.23. The molecule has 3 nitrogen and oxygen atoms in total. The third kappa shape index (κ3) is 3.22. The van der Waals surface area contributed by atoms with Crippen LogP contribution in [0, 0.1) is 5.82 Å². The molecule has 2 N–H and O–H groups in total. The van der Waals surface area contributed by atoms with E-state index in [1.165, 1.54) is 6.07 Å². The molecule has 1 aromatic carbocycles. The SMILES string of the molecule is CC(N)C(c1ccccc1F)N(C)Cc1ccoc1. The van der Waals surface area contributed by atoms with Gasteiger partial charge in [0.05, 0.1) is 18.6 Å². The maximum absolute atomic E-state index is 13.9. The van der Waals surface area contributed by atoms with Gasteiger partial charge in [-0.25, -0.2) is 4.39 Å². The Morgan fingerprint density at radius 2 is 2.05 bits per heavy atom. The number of furan rings is 1. The molecule has 2 rings (SSSR count). The van der Waals surface area contributed by atoms with Gasteiger partial charge in [0, 0.05) is 23.7 Å². The zero-order valence-electron chi connectivity index (χ0n) is 11.2. The molecule has 0 spiro atoms. The summed E-state index contributed by atoms with van der Waals surface area (Å²) in [6.07, 6.45) is 3.32. The van der Waals surface area contributed by atoms with Crippen molar-refractivity contribution in [2.24, 2.45) is 5.73 Å². The third-order valence-electron chi connectivity index (χ3n) is 3.21. The van der Waals surface area contributed by atoms with Crippen LogP contribution >= 0.6 is 0 Å². The summed E-state index contributed by atoms with van der Waals surface area (Å²) in [4.78, 5) is 2.04. The summed E-state index contributed by atoms with van der Waals surface area (Å²) >= 11 is 0. The highest BCUT2D eigenvalue weighted by Crippen LogP contribution is 2.26. The lowest BCUT2D eigenvalue weighted by atomic mass is 9.98. The number of hydrogen-bond acceptors (Lipinski definition) is 3. The van der Waals surface area contributed by atoms with E-state index < -0.39 is 0 Å². The molecule has 2 aromatic rings. The highest BCUT2D eigenvalue weighted by Gasteiger charge is 2.24. The van der Waals surface area contributed by atoms with Crippen molar-refractivity contribution < 1.29 is 8.81 Å². The van der Waals surface area contributed by atoms with Gasteiger partial charge in [-0.1, -0.05) is 18.2 Å². The Labute approximate surface area is 112 Å². The summed E-state index contributed by atoms with van der Waals surface area (Å²) in [6, 6.07) is 8.33. The van der Waals surface area contributed by atoms with E-state index in [0.29, 0.717) is 12.1 Å². The fourth-order valence-electron chi connectivity index (χ4n) is 2.41. The molecule has 19 heavy (non-hydrogen) atoms. The molecule has 0 radical (unpaired) electrons. The Kier molecular flexibility index (Phi) is 4.35. The van der Waals surface area contributed by atoms with Crippen molar-refractivity contribution in [1.29, 1.82) is 0 Å². The summed E-state index contributed by atoms with van der Waals surface area (Å²) in [7, 11) is 1.94. The standard InChI is InChI=1S/C15H19FN2O/c1-11(17)15(13-5-3-4-6-14(13)16)18(2)9-12-7-8-19-10-12/h3-8,10-11,15H,9,17H2,1-2H3. The molecular weight excluding hydrogens is 243 g/mol. The number of nitrogens with two attached hydrogens (primary N) is 1.